The first-order valence-corrected chi connectivity index (χ1v) is 6.44. The zero-order valence-corrected chi connectivity index (χ0v) is 12.0. The molecule has 0 atom stereocenters. The van der Waals surface area contributed by atoms with Gasteiger partial charge in [0.25, 0.3) is 0 Å². The van der Waals surface area contributed by atoms with Crippen LogP contribution >= 0.6 is 0 Å². The van der Waals surface area contributed by atoms with Crippen molar-refractivity contribution in [3.63, 3.8) is 0 Å². The van der Waals surface area contributed by atoms with Crippen molar-refractivity contribution in [2.24, 2.45) is 5.92 Å². The molecule has 0 radical (unpaired) electrons. The van der Waals surface area contributed by atoms with E-state index < -0.39 is 0 Å². The van der Waals surface area contributed by atoms with E-state index in [9.17, 15) is 0 Å². The van der Waals surface area contributed by atoms with Crippen molar-refractivity contribution in [3.8, 4) is 0 Å². The average Bonchev–Trinajstić information content (AvgIpc) is 2.28. The van der Waals surface area contributed by atoms with E-state index in [1.54, 1.807) is 0 Å². The second-order valence-corrected chi connectivity index (χ2v) is 4.82. The minimum Gasteiger partial charge on any atom is -0.354 e. The molecule has 1 aromatic rings. The Kier molecular flexibility index (Phi) is 5.61. The van der Waals surface area contributed by atoms with Crippen LogP contribution in [0.4, 0.5) is 17.8 Å². The second kappa shape index (κ2) is 6.98. The van der Waals surface area contributed by atoms with Crippen LogP contribution in [-0.4, -0.2) is 42.1 Å². The minimum atomic E-state index is 0.614. The third kappa shape index (κ3) is 4.73. The summed E-state index contributed by atoms with van der Waals surface area (Å²) in [5.41, 5.74) is 0. The summed E-state index contributed by atoms with van der Waals surface area (Å²) < 4.78 is 0. The molecule has 1 heterocycles. The van der Waals surface area contributed by atoms with E-state index in [1.807, 2.05) is 25.9 Å². The minimum absolute atomic E-state index is 0.614. The predicted octanol–water partition coefficient (Wildman–Crippen LogP) is 1.83. The van der Waals surface area contributed by atoms with Gasteiger partial charge in [0.1, 0.15) is 0 Å². The molecule has 1 aromatic heterocycles. The maximum atomic E-state index is 4.36. The van der Waals surface area contributed by atoms with Crippen molar-refractivity contribution >= 4 is 17.8 Å². The van der Waals surface area contributed by atoms with Crippen LogP contribution in [0.2, 0.25) is 0 Å². The van der Waals surface area contributed by atoms with Crippen molar-refractivity contribution < 1.29 is 0 Å². The van der Waals surface area contributed by atoms with Gasteiger partial charge in [-0.05, 0) is 19.3 Å². The van der Waals surface area contributed by atoms with Crippen LogP contribution < -0.4 is 15.5 Å². The van der Waals surface area contributed by atoms with Gasteiger partial charge in [0.15, 0.2) is 0 Å². The topological polar surface area (TPSA) is 66.0 Å². The molecule has 0 bridgehead atoms. The normalized spacial score (nSPS) is 10.6. The van der Waals surface area contributed by atoms with Gasteiger partial charge < -0.3 is 15.5 Å². The number of hydrogen-bond donors (Lipinski definition) is 2. The molecule has 0 aliphatic carbocycles. The summed E-state index contributed by atoms with van der Waals surface area (Å²) in [5, 5.41) is 6.35. The summed E-state index contributed by atoms with van der Waals surface area (Å²) >= 11 is 0. The zero-order chi connectivity index (χ0) is 13.5. The molecule has 0 saturated carbocycles. The van der Waals surface area contributed by atoms with Crippen LogP contribution in [0.25, 0.3) is 0 Å². The molecule has 6 nitrogen and oxygen atoms in total. The Hall–Kier alpha value is -1.59. The standard InChI is InChI=1S/C12H24N6/c1-6-13-10-15-11(14-8-7-9(2)3)17-12(16-10)18(4)5/h9H,6-8H2,1-5H3,(H2,13,14,15,16,17). The fraction of sp³-hybridized carbons (Fsp3) is 0.750. The average molecular weight is 252 g/mol. The Balaban J connectivity index is 2.75. The van der Waals surface area contributed by atoms with E-state index in [0.717, 1.165) is 19.5 Å². The Labute approximate surface area is 109 Å². The Bertz CT molecular complexity index is 364. The Morgan fingerprint density at radius 3 is 2.17 bits per heavy atom. The third-order valence-corrected chi connectivity index (χ3v) is 2.36. The zero-order valence-electron chi connectivity index (χ0n) is 12.0. The monoisotopic (exact) mass is 252 g/mol. The first kappa shape index (κ1) is 14.5. The SMILES string of the molecule is CCNc1nc(NCCC(C)C)nc(N(C)C)n1. The van der Waals surface area contributed by atoms with Gasteiger partial charge in [0.2, 0.25) is 17.8 Å². The van der Waals surface area contributed by atoms with E-state index in [2.05, 4.69) is 39.4 Å². The number of aromatic nitrogens is 3. The lowest BCUT2D eigenvalue weighted by Crippen LogP contribution is -2.17. The van der Waals surface area contributed by atoms with Gasteiger partial charge in [0, 0.05) is 27.2 Å². The summed E-state index contributed by atoms with van der Waals surface area (Å²) in [6.07, 6.45) is 1.10. The lowest BCUT2D eigenvalue weighted by molar-refractivity contribution is 0.605. The maximum absolute atomic E-state index is 4.36. The molecule has 0 spiro atoms. The van der Waals surface area contributed by atoms with Gasteiger partial charge in [-0.3, -0.25) is 0 Å². The van der Waals surface area contributed by atoms with Crippen molar-refractivity contribution in [3.05, 3.63) is 0 Å². The van der Waals surface area contributed by atoms with Gasteiger partial charge in [-0.1, -0.05) is 13.8 Å². The quantitative estimate of drug-likeness (QED) is 0.772. The number of rotatable bonds is 7. The lowest BCUT2D eigenvalue weighted by Gasteiger charge is -2.14. The highest BCUT2D eigenvalue weighted by molar-refractivity contribution is 5.42. The van der Waals surface area contributed by atoms with Crippen molar-refractivity contribution in [2.75, 3.05) is 42.7 Å². The van der Waals surface area contributed by atoms with Crippen LogP contribution in [-0.2, 0) is 0 Å². The first-order chi connectivity index (χ1) is 8.52. The van der Waals surface area contributed by atoms with E-state index >= 15 is 0 Å². The molecule has 18 heavy (non-hydrogen) atoms. The third-order valence-electron chi connectivity index (χ3n) is 2.36. The molecule has 102 valence electrons. The van der Waals surface area contributed by atoms with Gasteiger partial charge >= 0.3 is 0 Å². The van der Waals surface area contributed by atoms with Crippen molar-refractivity contribution in [1.29, 1.82) is 0 Å². The number of nitrogens with zero attached hydrogens (tertiary/aromatic N) is 4. The summed E-state index contributed by atoms with van der Waals surface area (Å²) in [5.74, 6) is 2.57. The smallest absolute Gasteiger partial charge is 0.231 e. The fourth-order valence-corrected chi connectivity index (χ4v) is 1.35. The fourth-order valence-electron chi connectivity index (χ4n) is 1.35. The summed E-state index contributed by atoms with van der Waals surface area (Å²) in [4.78, 5) is 14.9. The maximum Gasteiger partial charge on any atom is 0.231 e. The molecule has 0 aliphatic rings. The van der Waals surface area contributed by atoms with Gasteiger partial charge in [0.05, 0.1) is 0 Å². The van der Waals surface area contributed by atoms with Crippen LogP contribution in [0.15, 0.2) is 0 Å². The van der Waals surface area contributed by atoms with E-state index in [-0.39, 0.29) is 0 Å². The summed E-state index contributed by atoms with van der Waals surface area (Å²) in [6, 6.07) is 0. The predicted molar refractivity (Wildman–Crippen MR) is 76.3 cm³/mol. The molecular weight excluding hydrogens is 228 g/mol. The molecular formula is C12H24N6. The molecule has 0 amide bonds. The van der Waals surface area contributed by atoms with Crippen LogP contribution in [0.5, 0.6) is 0 Å². The molecule has 0 aliphatic heterocycles. The largest absolute Gasteiger partial charge is 0.354 e. The van der Waals surface area contributed by atoms with E-state index in [0.29, 0.717) is 23.8 Å². The molecule has 1 rings (SSSR count). The van der Waals surface area contributed by atoms with E-state index in [1.165, 1.54) is 0 Å². The molecule has 0 fully saturated rings. The van der Waals surface area contributed by atoms with Crippen LogP contribution in [0, 0.1) is 5.92 Å². The summed E-state index contributed by atoms with van der Waals surface area (Å²) in [7, 11) is 3.84. The lowest BCUT2D eigenvalue weighted by atomic mass is 10.1. The van der Waals surface area contributed by atoms with Gasteiger partial charge in [-0.25, -0.2) is 0 Å². The van der Waals surface area contributed by atoms with Gasteiger partial charge in [-0.15, -0.1) is 0 Å². The van der Waals surface area contributed by atoms with E-state index in [4.69, 9.17) is 0 Å². The number of anilines is 3. The molecule has 6 heteroatoms. The first-order valence-electron chi connectivity index (χ1n) is 6.44. The molecule has 0 unspecified atom stereocenters. The highest BCUT2D eigenvalue weighted by atomic mass is 15.3. The molecule has 0 aromatic carbocycles. The Morgan fingerprint density at radius 1 is 1.06 bits per heavy atom. The summed E-state index contributed by atoms with van der Waals surface area (Å²) in [6.45, 7) is 8.09. The Morgan fingerprint density at radius 2 is 1.67 bits per heavy atom. The molecule has 2 N–H and O–H groups in total. The highest BCUT2D eigenvalue weighted by Gasteiger charge is 2.07. The molecule has 0 saturated heterocycles. The van der Waals surface area contributed by atoms with Crippen LogP contribution in [0.3, 0.4) is 0 Å². The van der Waals surface area contributed by atoms with Crippen LogP contribution in [0.1, 0.15) is 27.2 Å². The van der Waals surface area contributed by atoms with Gasteiger partial charge in [-0.2, -0.15) is 15.0 Å². The number of hydrogen-bond acceptors (Lipinski definition) is 6. The number of nitrogens with one attached hydrogen (secondary N) is 2. The van der Waals surface area contributed by atoms with Crippen molar-refractivity contribution in [2.45, 2.75) is 27.2 Å². The second-order valence-electron chi connectivity index (χ2n) is 4.82. The van der Waals surface area contributed by atoms with Crippen molar-refractivity contribution in [1.82, 2.24) is 15.0 Å². The highest BCUT2D eigenvalue weighted by Crippen LogP contribution is 2.11.